The summed E-state index contributed by atoms with van der Waals surface area (Å²) in [5.41, 5.74) is 0.328. The van der Waals surface area contributed by atoms with Gasteiger partial charge in [-0.1, -0.05) is 258 Å². The second-order valence-electron chi connectivity index (χ2n) is 17.5. The van der Waals surface area contributed by atoms with Gasteiger partial charge in [-0.2, -0.15) is 4.57 Å². The van der Waals surface area contributed by atoms with Crippen molar-refractivity contribution in [2.24, 2.45) is 0 Å². The summed E-state index contributed by atoms with van der Waals surface area (Å²) in [5, 5.41) is 0. The number of hydrogen-bond acceptors (Lipinski definition) is 0. The molecule has 1 aromatic heterocycles. The molecule has 1 rings (SSSR count). The van der Waals surface area contributed by atoms with Gasteiger partial charge in [-0.15, -0.1) is 0 Å². The molecule has 0 aliphatic rings. The molecule has 0 fully saturated rings. The first kappa shape index (κ1) is 49.2. The van der Waals surface area contributed by atoms with E-state index in [4.69, 9.17) is 0 Å². The van der Waals surface area contributed by atoms with Crippen LogP contribution in [0.5, 0.6) is 0 Å². The maximum Gasteiger partial charge on any atom is 0.169 e. The highest BCUT2D eigenvalue weighted by molar-refractivity contribution is 4.86. The molecule has 1 nitrogen and oxygen atoms in total. The van der Waals surface area contributed by atoms with Crippen LogP contribution in [-0.4, -0.2) is 0 Å². The Morgan fingerprint density at radius 2 is 0.442 bits per heavy atom. The average molecular weight is 725 g/mol. The molecule has 0 bridgehead atoms. The van der Waals surface area contributed by atoms with Crippen LogP contribution < -0.4 is 4.57 Å². The van der Waals surface area contributed by atoms with Gasteiger partial charge < -0.3 is 0 Å². The largest absolute Gasteiger partial charge is 0.200 e. The number of nitrogens with zero attached hydrogens (tertiary/aromatic N) is 1. The molecule has 1 aromatic rings. The smallest absolute Gasteiger partial charge is 0.169 e. The molecule has 0 aromatic carbocycles. The molecule has 52 heavy (non-hydrogen) atoms. The fourth-order valence-corrected chi connectivity index (χ4v) is 8.89. The summed E-state index contributed by atoms with van der Waals surface area (Å²) in [6.07, 6.45) is 65.5. The molecule has 0 saturated carbocycles. The van der Waals surface area contributed by atoms with E-state index in [0.29, 0.717) is 5.54 Å². The lowest BCUT2D eigenvalue weighted by Gasteiger charge is -2.29. The van der Waals surface area contributed by atoms with E-state index in [9.17, 15) is 0 Å². The molecular formula is C51H98N+. The van der Waals surface area contributed by atoms with Crippen molar-refractivity contribution in [1.82, 2.24) is 0 Å². The maximum absolute atomic E-state index is 2.69. The second-order valence-corrected chi connectivity index (χ2v) is 17.5. The Morgan fingerprint density at radius 3 is 0.654 bits per heavy atom. The van der Waals surface area contributed by atoms with Gasteiger partial charge in [0.05, 0.1) is 0 Å². The molecule has 0 radical (unpaired) electrons. The SMILES string of the molecule is CCCCCCCCCCCCCCCCCC(CCCCCCCCCCCCCC)(CCCCCCCCCCCCCC)[n+]1ccccc1. The normalized spacial score (nSPS) is 11.9. The first-order valence-electron chi connectivity index (χ1n) is 24.8. The highest BCUT2D eigenvalue weighted by atomic mass is 15.0. The molecule has 1 heteroatoms. The van der Waals surface area contributed by atoms with E-state index in [2.05, 4.69) is 55.9 Å². The van der Waals surface area contributed by atoms with E-state index in [1.54, 1.807) is 0 Å². The van der Waals surface area contributed by atoms with Gasteiger partial charge in [0.1, 0.15) is 0 Å². The van der Waals surface area contributed by atoms with Crippen molar-refractivity contribution < 1.29 is 4.57 Å². The molecule has 1 heterocycles. The van der Waals surface area contributed by atoms with Crippen LogP contribution in [0, 0.1) is 0 Å². The minimum Gasteiger partial charge on any atom is -0.200 e. The highest BCUT2D eigenvalue weighted by Gasteiger charge is 2.37. The van der Waals surface area contributed by atoms with E-state index < -0.39 is 0 Å². The van der Waals surface area contributed by atoms with Gasteiger partial charge >= 0.3 is 0 Å². The number of hydrogen-bond donors (Lipinski definition) is 0. The van der Waals surface area contributed by atoms with Crippen LogP contribution in [0.3, 0.4) is 0 Å². The van der Waals surface area contributed by atoms with Gasteiger partial charge in [-0.05, 0) is 19.3 Å². The van der Waals surface area contributed by atoms with Gasteiger partial charge in [0.25, 0.3) is 0 Å². The first-order valence-corrected chi connectivity index (χ1v) is 24.8. The van der Waals surface area contributed by atoms with Crippen LogP contribution >= 0.6 is 0 Å². The fraction of sp³-hybridized carbons (Fsp3) is 0.902. The molecule has 0 atom stereocenters. The standard InChI is InChI=1S/C51H98N/c1-4-7-10-13-16-19-22-25-26-27-30-33-36-39-43-48-51(52-49-44-40-45-50-52,46-41-37-34-31-28-23-20-17-14-11-8-5-2)47-42-38-35-32-29-24-21-18-15-12-9-6-3/h40,44-45,49-50H,4-39,41-43,46-48H2,1-3H3/q+1. The van der Waals surface area contributed by atoms with E-state index >= 15 is 0 Å². The van der Waals surface area contributed by atoms with Crippen molar-refractivity contribution in [3.8, 4) is 0 Å². The molecule has 0 spiro atoms. The van der Waals surface area contributed by atoms with E-state index in [0.717, 1.165) is 0 Å². The van der Waals surface area contributed by atoms with Crippen LogP contribution in [0.2, 0.25) is 0 Å². The number of aromatic nitrogens is 1. The van der Waals surface area contributed by atoms with E-state index in [1.165, 1.54) is 270 Å². The topological polar surface area (TPSA) is 3.88 Å². The summed E-state index contributed by atoms with van der Waals surface area (Å²) in [7, 11) is 0. The van der Waals surface area contributed by atoms with Crippen molar-refractivity contribution in [1.29, 1.82) is 0 Å². The van der Waals surface area contributed by atoms with E-state index in [-0.39, 0.29) is 0 Å². The molecule has 0 amide bonds. The second kappa shape index (κ2) is 39.8. The summed E-state index contributed by atoms with van der Waals surface area (Å²) in [5.74, 6) is 0. The van der Waals surface area contributed by atoms with Gasteiger partial charge in [-0.3, -0.25) is 0 Å². The predicted octanol–water partition coefficient (Wildman–Crippen LogP) is 18.1. The van der Waals surface area contributed by atoms with Crippen LogP contribution in [-0.2, 0) is 5.54 Å². The Bertz CT molecular complexity index is 758. The van der Waals surface area contributed by atoms with Crippen LogP contribution in [0.4, 0.5) is 0 Å². The molecule has 0 aliphatic heterocycles. The van der Waals surface area contributed by atoms with Crippen molar-refractivity contribution >= 4 is 0 Å². The Balaban J connectivity index is 2.47. The quantitative estimate of drug-likeness (QED) is 0.0466. The Hall–Kier alpha value is -0.850. The lowest BCUT2D eigenvalue weighted by Crippen LogP contribution is -2.55. The predicted molar refractivity (Wildman–Crippen MR) is 236 cm³/mol. The zero-order valence-electron chi connectivity index (χ0n) is 36.5. The summed E-state index contributed by atoms with van der Waals surface area (Å²) in [4.78, 5) is 0. The third kappa shape index (κ3) is 30.5. The lowest BCUT2D eigenvalue weighted by molar-refractivity contribution is -0.768. The molecule has 306 valence electrons. The zero-order chi connectivity index (χ0) is 37.3. The molecule has 0 N–H and O–H groups in total. The molecule has 0 aliphatic carbocycles. The minimum absolute atomic E-state index is 0.328. The number of pyridine rings is 1. The monoisotopic (exact) mass is 725 g/mol. The number of unbranched alkanes of at least 4 members (excludes halogenated alkanes) is 36. The summed E-state index contributed by atoms with van der Waals surface area (Å²) < 4.78 is 2.69. The summed E-state index contributed by atoms with van der Waals surface area (Å²) in [6, 6.07) is 6.82. The van der Waals surface area contributed by atoms with Gasteiger partial charge in [0.2, 0.25) is 0 Å². The molecular weight excluding hydrogens is 627 g/mol. The first-order chi connectivity index (χ1) is 25.8. The van der Waals surface area contributed by atoms with Crippen molar-refractivity contribution in [2.45, 2.75) is 296 Å². The van der Waals surface area contributed by atoms with Crippen molar-refractivity contribution in [3.63, 3.8) is 0 Å². The average Bonchev–Trinajstić information content (AvgIpc) is 3.17. The molecule has 0 saturated heterocycles. The third-order valence-corrected chi connectivity index (χ3v) is 12.5. The lowest BCUT2D eigenvalue weighted by atomic mass is 9.81. The van der Waals surface area contributed by atoms with Crippen molar-refractivity contribution in [3.05, 3.63) is 30.6 Å². The van der Waals surface area contributed by atoms with Crippen LogP contribution in [0.25, 0.3) is 0 Å². The van der Waals surface area contributed by atoms with Crippen molar-refractivity contribution in [2.75, 3.05) is 0 Å². The van der Waals surface area contributed by atoms with E-state index in [1.807, 2.05) is 0 Å². The fourth-order valence-electron chi connectivity index (χ4n) is 8.89. The minimum atomic E-state index is 0.328. The Kier molecular flexibility index (Phi) is 37.7. The third-order valence-electron chi connectivity index (χ3n) is 12.5. The Morgan fingerprint density at radius 1 is 0.250 bits per heavy atom. The summed E-state index contributed by atoms with van der Waals surface area (Å²) in [6.45, 7) is 6.96. The van der Waals surface area contributed by atoms with Gasteiger partial charge in [0.15, 0.2) is 17.9 Å². The van der Waals surface area contributed by atoms with Gasteiger partial charge in [0, 0.05) is 31.4 Å². The van der Waals surface area contributed by atoms with Gasteiger partial charge in [-0.25, -0.2) is 0 Å². The highest BCUT2D eigenvalue weighted by Crippen LogP contribution is 2.32. The summed E-state index contributed by atoms with van der Waals surface area (Å²) >= 11 is 0. The molecule has 0 unspecified atom stereocenters. The van der Waals surface area contributed by atoms with Crippen LogP contribution in [0.1, 0.15) is 290 Å². The van der Waals surface area contributed by atoms with Crippen LogP contribution in [0.15, 0.2) is 30.6 Å². The number of rotatable bonds is 43. The zero-order valence-corrected chi connectivity index (χ0v) is 36.5. The Labute approximate surface area is 330 Å². The maximum atomic E-state index is 2.69.